The first-order valence-electron chi connectivity index (χ1n) is 5.47. The SMILES string of the molecule is Cc1nc2cc(C(=O)NCCCO)ccc2o1. The van der Waals surface area contributed by atoms with E-state index in [4.69, 9.17) is 9.52 Å². The van der Waals surface area contributed by atoms with E-state index in [9.17, 15) is 4.79 Å². The number of aryl methyl sites for hydroxylation is 1. The molecule has 2 aromatic rings. The molecule has 5 nitrogen and oxygen atoms in total. The molecule has 0 atom stereocenters. The van der Waals surface area contributed by atoms with E-state index in [-0.39, 0.29) is 12.5 Å². The molecule has 2 N–H and O–H groups in total. The summed E-state index contributed by atoms with van der Waals surface area (Å²) in [5.41, 5.74) is 1.90. The van der Waals surface area contributed by atoms with Gasteiger partial charge in [-0.1, -0.05) is 0 Å². The van der Waals surface area contributed by atoms with Gasteiger partial charge in [-0.15, -0.1) is 0 Å². The molecule has 0 radical (unpaired) electrons. The zero-order valence-electron chi connectivity index (χ0n) is 9.56. The van der Waals surface area contributed by atoms with Crippen molar-refractivity contribution in [2.24, 2.45) is 0 Å². The Bertz CT molecular complexity index is 534. The molecule has 0 aliphatic rings. The maximum Gasteiger partial charge on any atom is 0.251 e. The number of aliphatic hydroxyl groups is 1. The van der Waals surface area contributed by atoms with Gasteiger partial charge in [-0.2, -0.15) is 0 Å². The smallest absolute Gasteiger partial charge is 0.251 e. The minimum Gasteiger partial charge on any atom is -0.441 e. The normalized spacial score (nSPS) is 10.7. The van der Waals surface area contributed by atoms with E-state index in [0.717, 1.165) is 0 Å². The lowest BCUT2D eigenvalue weighted by molar-refractivity contribution is 0.0951. The molecule has 0 unspecified atom stereocenters. The number of benzene rings is 1. The van der Waals surface area contributed by atoms with Crippen molar-refractivity contribution < 1.29 is 14.3 Å². The fourth-order valence-corrected chi connectivity index (χ4v) is 1.57. The number of carbonyl (C=O) groups excluding carboxylic acids is 1. The van der Waals surface area contributed by atoms with Crippen molar-refractivity contribution in [2.75, 3.05) is 13.2 Å². The number of amides is 1. The van der Waals surface area contributed by atoms with Gasteiger partial charge in [0, 0.05) is 25.6 Å². The monoisotopic (exact) mass is 234 g/mol. The summed E-state index contributed by atoms with van der Waals surface area (Å²) in [7, 11) is 0. The van der Waals surface area contributed by atoms with Crippen LogP contribution in [0, 0.1) is 6.92 Å². The van der Waals surface area contributed by atoms with Gasteiger partial charge < -0.3 is 14.8 Å². The molecule has 0 fully saturated rings. The number of nitrogens with one attached hydrogen (secondary N) is 1. The van der Waals surface area contributed by atoms with Crippen molar-refractivity contribution in [3.63, 3.8) is 0 Å². The minimum atomic E-state index is -0.166. The van der Waals surface area contributed by atoms with Gasteiger partial charge in [0.2, 0.25) is 0 Å². The summed E-state index contributed by atoms with van der Waals surface area (Å²) in [6, 6.07) is 5.12. The molecule has 0 bridgehead atoms. The molecular formula is C12H14N2O3. The first-order valence-corrected chi connectivity index (χ1v) is 5.47. The summed E-state index contributed by atoms with van der Waals surface area (Å²) in [6.45, 7) is 2.30. The van der Waals surface area contributed by atoms with Crippen molar-refractivity contribution in [2.45, 2.75) is 13.3 Å². The van der Waals surface area contributed by atoms with Crippen molar-refractivity contribution in [1.82, 2.24) is 10.3 Å². The van der Waals surface area contributed by atoms with Crippen LogP contribution in [-0.4, -0.2) is 29.1 Å². The molecular weight excluding hydrogens is 220 g/mol. The highest BCUT2D eigenvalue weighted by atomic mass is 16.3. The highest BCUT2D eigenvalue weighted by Gasteiger charge is 2.08. The lowest BCUT2D eigenvalue weighted by Gasteiger charge is -2.03. The van der Waals surface area contributed by atoms with Crippen LogP contribution in [0.3, 0.4) is 0 Å². The quantitative estimate of drug-likeness (QED) is 0.781. The summed E-state index contributed by atoms with van der Waals surface area (Å²) in [5, 5.41) is 11.3. The Balaban J connectivity index is 2.15. The zero-order chi connectivity index (χ0) is 12.3. The molecule has 1 aromatic carbocycles. The summed E-state index contributed by atoms with van der Waals surface area (Å²) in [4.78, 5) is 15.9. The number of aromatic nitrogens is 1. The van der Waals surface area contributed by atoms with Crippen molar-refractivity contribution >= 4 is 17.0 Å². The second-order valence-electron chi connectivity index (χ2n) is 3.75. The predicted molar refractivity (Wildman–Crippen MR) is 62.8 cm³/mol. The average molecular weight is 234 g/mol. The zero-order valence-corrected chi connectivity index (χ0v) is 9.56. The van der Waals surface area contributed by atoms with Gasteiger partial charge in [0.25, 0.3) is 5.91 Å². The van der Waals surface area contributed by atoms with Gasteiger partial charge in [0.05, 0.1) is 0 Å². The van der Waals surface area contributed by atoms with Crippen LogP contribution in [0.25, 0.3) is 11.1 Å². The summed E-state index contributed by atoms with van der Waals surface area (Å²) in [5.74, 6) is 0.416. The molecule has 17 heavy (non-hydrogen) atoms. The number of aliphatic hydroxyl groups excluding tert-OH is 1. The van der Waals surface area contributed by atoms with Gasteiger partial charge in [-0.05, 0) is 24.6 Å². The molecule has 1 aromatic heterocycles. The Kier molecular flexibility index (Phi) is 3.39. The van der Waals surface area contributed by atoms with Gasteiger partial charge >= 0.3 is 0 Å². The van der Waals surface area contributed by atoms with Crippen LogP contribution in [-0.2, 0) is 0 Å². The molecule has 0 saturated carbocycles. The molecule has 1 amide bonds. The van der Waals surface area contributed by atoms with Crippen molar-refractivity contribution in [1.29, 1.82) is 0 Å². The topological polar surface area (TPSA) is 75.4 Å². The van der Waals surface area contributed by atoms with E-state index < -0.39 is 0 Å². The molecule has 0 saturated heterocycles. The Morgan fingerprint density at radius 3 is 3.12 bits per heavy atom. The third kappa shape index (κ3) is 2.62. The van der Waals surface area contributed by atoms with E-state index in [1.165, 1.54) is 0 Å². The number of carbonyl (C=O) groups is 1. The maximum absolute atomic E-state index is 11.7. The number of hydrogen-bond donors (Lipinski definition) is 2. The Morgan fingerprint density at radius 2 is 2.35 bits per heavy atom. The fourth-order valence-electron chi connectivity index (χ4n) is 1.57. The third-order valence-electron chi connectivity index (χ3n) is 2.38. The minimum absolute atomic E-state index is 0.0712. The van der Waals surface area contributed by atoms with E-state index in [2.05, 4.69) is 10.3 Å². The second kappa shape index (κ2) is 4.97. The third-order valence-corrected chi connectivity index (χ3v) is 2.38. The maximum atomic E-state index is 11.7. The number of nitrogens with zero attached hydrogens (tertiary/aromatic N) is 1. The van der Waals surface area contributed by atoms with Crippen molar-refractivity contribution in [3.8, 4) is 0 Å². The lowest BCUT2D eigenvalue weighted by Crippen LogP contribution is -2.24. The first-order chi connectivity index (χ1) is 8.20. The van der Waals surface area contributed by atoms with Gasteiger partial charge in [0.1, 0.15) is 5.52 Å². The van der Waals surface area contributed by atoms with Crippen molar-refractivity contribution in [3.05, 3.63) is 29.7 Å². The standard InChI is InChI=1S/C12H14N2O3/c1-8-14-10-7-9(3-4-11(10)17-8)12(16)13-5-2-6-15/h3-4,7,15H,2,5-6H2,1H3,(H,13,16). The number of oxazole rings is 1. The molecule has 0 spiro atoms. The number of hydrogen-bond acceptors (Lipinski definition) is 4. The summed E-state index contributed by atoms with van der Waals surface area (Å²) < 4.78 is 5.33. The Morgan fingerprint density at radius 1 is 1.53 bits per heavy atom. The Hall–Kier alpha value is -1.88. The highest BCUT2D eigenvalue weighted by Crippen LogP contribution is 2.16. The van der Waals surface area contributed by atoms with Crippen LogP contribution < -0.4 is 5.32 Å². The van der Waals surface area contributed by atoms with E-state index in [0.29, 0.717) is 35.5 Å². The highest BCUT2D eigenvalue weighted by molar-refractivity contribution is 5.97. The van der Waals surface area contributed by atoms with Crippen LogP contribution in [0.1, 0.15) is 22.7 Å². The van der Waals surface area contributed by atoms with Gasteiger partial charge in [0.15, 0.2) is 11.5 Å². The number of rotatable bonds is 4. The Labute approximate surface area is 98.5 Å². The van der Waals surface area contributed by atoms with Crippen LogP contribution >= 0.6 is 0 Å². The predicted octanol–water partition coefficient (Wildman–Crippen LogP) is 1.25. The molecule has 0 aliphatic carbocycles. The average Bonchev–Trinajstić information content (AvgIpc) is 2.68. The molecule has 1 heterocycles. The first kappa shape index (κ1) is 11.6. The van der Waals surface area contributed by atoms with E-state index in [1.54, 1.807) is 25.1 Å². The lowest BCUT2D eigenvalue weighted by atomic mass is 10.2. The largest absolute Gasteiger partial charge is 0.441 e. The van der Waals surface area contributed by atoms with Gasteiger partial charge in [-0.3, -0.25) is 4.79 Å². The second-order valence-corrected chi connectivity index (χ2v) is 3.75. The molecule has 5 heteroatoms. The number of fused-ring (bicyclic) bond motifs is 1. The van der Waals surface area contributed by atoms with Gasteiger partial charge in [-0.25, -0.2) is 4.98 Å². The van der Waals surface area contributed by atoms with E-state index >= 15 is 0 Å². The van der Waals surface area contributed by atoms with Crippen LogP contribution in [0.5, 0.6) is 0 Å². The van der Waals surface area contributed by atoms with Crippen LogP contribution in [0.2, 0.25) is 0 Å². The summed E-state index contributed by atoms with van der Waals surface area (Å²) >= 11 is 0. The molecule has 2 rings (SSSR count). The molecule has 0 aliphatic heterocycles. The molecule has 90 valence electrons. The van der Waals surface area contributed by atoms with Crippen LogP contribution in [0.4, 0.5) is 0 Å². The fraction of sp³-hybridized carbons (Fsp3) is 0.333. The summed E-state index contributed by atoms with van der Waals surface area (Å²) in [6.07, 6.45) is 0.553. The van der Waals surface area contributed by atoms with E-state index in [1.807, 2.05) is 0 Å². The van der Waals surface area contributed by atoms with Crippen LogP contribution in [0.15, 0.2) is 22.6 Å².